The number of carboxylic acid groups (broad SMARTS) is 1. The van der Waals surface area contributed by atoms with E-state index in [0.29, 0.717) is 0 Å². The lowest BCUT2D eigenvalue weighted by Crippen LogP contribution is -1.98. The van der Waals surface area contributed by atoms with Crippen LogP contribution in [0.25, 0.3) is 11.4 Å². The van der Waals surface area contributed by atoms with E-state index < -0.39 is 10.9 Å². The van der Waals surface area contributed by atoms with Gasteiger partial charge < -0.3 is 5.11 Å². The molecular formula is C7H5N5O4. The molecule has 2 heterocycles. The molecule has 82 valence electrons. The van der Waals surface area contributed by atoms with Gasteiger partial charge in [0.15, 0.2) is 5.69 Å². The van der Waals surface area contributed by atoms with Crippen LogP contribution >= 0.6 is 0 Å². The van der Waals surface area contributed by atoms with Crippen molar-refractivity contribution in [2.45, 2.75) is 0 Å². The molecule has 0 aliphatic heterocycles. The van der Waals surface area contributed by atoms with E-state index in [1.165, 1.54) is 0 Å². The molecule has 0 bridgehead atoms. The summed E-state index contributed by atoms with van der Waals surface area (Å²) in [6.45, 7) is 0. The third kappa shape index (κ3) is 1.39. The Bertz CT molecular complexity index is 506. The van der Waals surface area contributed by atoms with Crippen LogP contribution in [-0.4, -0.2) is 36.4 Å². The van der Waals surface area contributed by atoms with Gasteiger partial charge in [-0.2, -0.15) is 10.2 Å². The monoisotopic (exact) mass is 223 g/mol. The van der Waals surface area contributed by atoms with Crippen molar-refractivity contribution in [2.75, 3.05) is 0 Å². The maximum absolute atomic E-state index is 10.8. The van der Waals surface area contributed by atoms with Gasteiger partial charge in [-0.15, -0.1) is 0 Å². The van der Waals surface area contributed by atoms with E-state index in [2.05, 4.69) is 20.4 Å². The van der Waals surface area contributed by atoms with E-state index in [1.54, 1.807) is 0 Å². The maximum atomic E-state index is 10.8. The standard InChI is InChI=1S/C7H5N5O4/c13-7(14)3-1-8-10-5(3)6-4(12(15)16)2-9-11-6/h1-2H,(H,8,10)(H,9,11)(H,13,14). The first-order chi connectivity index (χ1) is 7.61. The van der Waals surface area contributed by atoms with Crippen LogP contribution < -0.4 is 0 Å². The van der Waals surface area contributed by atoms with Gasteiger partial charge in [0.05, 0.1) is 11.1 Å². The van der Waals surface area contributed by atoms with Crippen LogP contribution in [0.4, 0.5) is 5.69 Å². The minimum absolute atomic E-state index is 0.0140. The first kappa shape index (κ1) is 9.83. The molecule has 16 heavy (non-hydrogen) atoms. The Morgan fingerprint density at radius 2 is 1.94 bits per heavy atom. The number of nitro groups is 1. The molecule has 0 saturated heterocycles. The molecule has 2 aromatic heterocycles. The second-order valence-electron chi connectivity index (χ2n) is 2.85. The van der Waals surface area contributed by atoms with Crippen molar-refractivity contribution < 1.29 is 14.8 Å². The maximum Gasteiger partial charge on any atom is 0.339 e. The smallest absolute Gasteiger partial charge is 0.339 e. The zero-order chi connectivity index (χ0) is 11.7. The van der Waals surface area contributed by atoms with Crippen LogP contribution in [0.5, 0.6) is 0 Å². The number of aromatic nitrogens is 4. The van der Waals surface area contributed by atoms with Gasteiger partial charge in [-0.1, -0.05) is 0 Å². The summed E-state index contributed by atoms with van der Waals surface area (Å²) < 4.78 is 0. The zero-order valence-electron chi connectivity index (χ0n) is 7.67. The number of rotatable bonds is 3. The number of aromatic carboxylic acids is 1. The lowest BCUT2D eigenvalue weighted by atomic mass is 10.2. The fourth-order valence-electron chi connectivity index (χ4n) is 1.24. The van der Waals surface area contributed by atoms with Crippen molar-refractivity contribution >= 4 is 11.7 Å². The summed E-state index contributed by atoms with van der Waals surface area (Å²) in [6.07, 6.45) is 2.07. The van der Waals surface area contributed by atoms with Gasteiger partial charge in [-0.3, -0.25) is 20.3 Å². The SMILES string of the molecule is O=C(O)c1cn[nH]c1-c1[nH]ncc1[N+](=O)[O-]. The van der Waals surface area contributed by atoms with Gasteiger partial charge in [0, 0.05) is 0 Å². The van der Waals surface area contributed by atoms with Crippen LogP contribution in [0.3, 0.4) is 0 Å². The summed E-state index contributed by atoms with van der Waals surface area (Å²) in [5, 5.41) is 31.2. The molecule has 0 fully saturated rings. The van der Waals surface area contributed by atoms with Crippen molar-refractivity contribution in [1.82, 2.24) is 20.4 Å². The molecule has 0 saturated carbocycles. The Hall–Kier alpha value is -2.71. The average Bonchev–Trinajstić information content (AvgIpc) is 2.85. The number of carbonyl (C=O) groups is 1. The topological polar surface area (TPSA) is 138 Å². The molecule has 0 unspecified atom stereocenters. The number of nitrogens with one attached hydrogen (secondary N) is 2. The summed E-state index contributed by atoms with van der Waals surface area (Å²) in [7, 11) is 0. The van der Waals surface area contributed by atoms with E-state index in [0.717, 1.165) is 12.4 Å². The van der Waals surface area contributed by atoms with E-state index in [1.807, 2.05) is 0 Å². The molecule has 2 aromatic rings. The molecule has 0 atom stereocenters. The van der Waals surface area contributed by atoms with Crippen LogP contribution in [0.2, 0.25) is 0 Å². The number of hydrogen-bond acceptors (Lipinski definition) is 5. The molecule has 0 radical (unpaired) electrons. The number of H-pyrrole nitrogens is 2. The molecule has 0 aliphatic carbocycles. The van der Waals surface area contributed by atoms with Crippen LogP contribution in [0.15, 0.2) is 12.4 Å². The Labute approximate surface area is 87.3 Å². The highest BCUT2D eigenvalue weighted by molar-refractivity contribution is 5.95. The van der Waals surface area contributed by atoms with Crippen molar-refractivity contribution in [2.24, 2.45) is 0 Å². The summed E-state index contributed by atoms with van der Waals surface area (Å²) >= 11 is 0. The van der Waals surface area contributed by atoms with Crippen molar-refractivity contribution in [1.29, 1.82) is 0 Å². The quantitative estimate of drug-likeness (QED) is 0.508. The predicted octanol–water partition coefficient (Wildman–Crippen LogP) is 0.406. The molecule has 3 N–H and O–H groups in total. The van der Waals surface area contributed by atoms with Gasteiger partial charge in [-0.25, -0.2) is 4.79 Å². The number of carboxylic acids is 1. The summed E-state index contributed by atoms with van der Waals surface area (Å²) in [5.41, 5.74) is -0.462. The second kappa shape index (κ2) is 3.46. The fraction of sp³-hybridized carbons (Fsp3) is 0. The number of hydrogen-bond donors (Lipinski definition) is 3. The third-order valence-electron chi connectivity index (χ3n) is 1.94. The van der Waals surface area contributed by atoms with E-state index in [4.69, 9.17) is 5.11 Å². The van der Waals surface area contributed by atoms with Crippen LogP contribution in [-0.2, 0) is 0 Å². The Kier molecular flexibility index (Phi) is 2.12. The van der Waals surface area contributed by atoms with Gasteiger partial charge in [0.1, 0.15) is 17.5 Å². The molecular weight excluding hydrogens is 218 g/mol. The van der Waals surface area contributed by atoms with E-state index in [-0.39, 0.29) is 22.6 Å². The largest absolute Gasteiger partial charge is 0.478 e. The molecule has 0 spiro atoms. The summed E-state index contributed by atoms with van der Waals surface area (Å²) in [5.74, 6) is -1.23. The highest BCUT2D eigenvalue weighted by atomic mass is 16.6. The predicted molar refractivity (Wildman–Crippen MR) is 49.8 cm³/mol. The Morgan fingerprint density at radius 3 is 2.56 bits per heavy atom. The molecule has 0 aromatic carbocycles. The zero-order valence-corrected chi connectivity index (χ0v) is 7.67. The molecule has 9 heteroatoms. The minimum Gasteiger partial charge on any atom is -0.478 e. The third-order valence-corrected chi connectivity index (χ3v) is 1.94. The van der Waals surface area contributed by atoms with Gasteiger partial charge in [0.2, 0.25) is 0 Å². The Balaban J connectivity index is 2.59. The first-order valence-electron chi connectivity index (χ1n) is 4.06. The highest BCUT2D eigenvalue weighted by Gasteiger charge is 2.24. The van der Waals surface area contributed by atoms with Gasteiger partial charge in [0.25, 0.3) is 0 Å². The molecule has 0 aliphatic rings. The molecule has 0 amide bonds. The van der Waals surface area contributed by atoms with Crippen LogP contribution in [0, 0.1) is 10.1 Å². The van der Waals surface area contributed by atoms with Crippen LogP contribution in [0.1, 0.15) is 10.4 Å². The Morgan fingerprint density at radius 1 is 1.31 bits per heavy atom. The van der Waals surface area contributed by atoms with Crippen molar-refractivity contribution in [3.8, 4) is 11.4 Å². The van der Waals surface area contributed by atoms with Crippen molar-refractivity contribution in [3.05, 3.63) is 28.1 Å². The fourth-order valence-corrected chi connectivity index (χ4v) is 1.24. The molecule has 2 rings (SSSR count). The number of nitrogens with zero attached hydrogens (tertiary/aromatic N) is 3. The summed E-state index contributed by atoms with van der Waals surface area (Å²) in [4.78, 5) is 20.8. The lowest BCUT2D eigenvalue weighted by Gasteiger charge is -1.95. The van der Waals surface area contributed by atoms with E-state index >= 15 is 0 Å². The lowest BCUT2D eigenvalue weighted by molar-refractivity contribution is -0.384. The minimum atomic E-state index is -1.23. The highest BCUT2D eigenvalue weighted by Crippen LogP contribution is 2.27. The average molecular weight is 223 g/mol. The normalized spacial score (nSPS) is 10.2. The van der Waals surface area contributed by atoms with E-state index in [9.17, 15) is 14.9 Å². The van der Waals surface area contributed by atoms with Gasteiger partial charge >= 0.3 is 11.7 Å². The van der Waals surface area contributed by atoms with Crippen molar-refractivity contribution in [3.63, 3.8) is 0 Å². The first-order valence-corrected chi connectivity index (χ1v) is 4.06. The number of aromatic amines is 2. The molecule has 9 nitrogen and oxygen atoms in total. The van der Waals surface area contributed by atoms with Gasteiger partial charge in [-0.05, 0) is 0 Å². The summed E-state index contributed by atoms with van der Waals surface area (Å²) in [6, 6.07) is 0. The second-order valence-corrected chi connectivity index (χ2v) is 2.85.